The van der Waals surface area contributed by atoms with E-state index in [1.54, 1.807) is 6.20 Å². The molecule has 0 spiro atoms. The molecule has 0 unspecified atom stereocenters. The van der Waals surface area contributed by atoms with Crippen molar-refractivity contribution in [2.24, 2.45) is 4.99 Å². The number of pyridine rings is 1. The van der Waals surface area contributed by atoms with Crippen LogP contribution in [0.15, 0.2) is 77.6 Å². The maximum absolute atomic E-state index is 14.7. The normalized spacial score (nSPS) is 15.2. The van der Waals surface area contributed by atoms with E-state index in [-0.39, 0.29) is 5.82 Å². The Kier molecular flexibility index (Phi) is 5.80. The van der Waals surface area contributed by atoms with E-state index in [1.807, 2.05) is 61.7 Å². The van der Waals surface area contributed by atoms with E-state index in [0.717, 1.165) is 47.4 Å². The fraction of sp³-hybridized carbons (Fsp3) is 0.200. The van der Waals surface area contributed by atoms with E-state index in [9.17, 15) is 4.39 Å². The zero-order valence-electron chi connectivity index (χ0n) is 16.4. The van der Waals surface area contributed by atoms with Crippen LogP contribution >= 0.6 is 0 Å². The molecule has 0 saturated heterocycles. The Bertz CT molecular complexity index is 1060. The zero-order valence-corrected chi connectivity index (χ0v) is 16.4. The predicted octanol–water partition coefficient (Wildman–Crippen LogP) is 5.95. The number of nitrogens with zero attached hydrogens (tertiary/aromatic N) is 2. The Labute approximate surface area is 170 Å². The van der Waals surface area contributed by atoms with Crippen LogP contribution in [-0.4, -0.2) is 23.8 Å². The number of aromatic nitrogens is 1. The summed E-state index contributed by atoms with van der Waals surface area (Å²) in [4.78, 5) is 8.95. The van der Waals surface area contributed by atoms with E-state index in [4.69, 9.17) is 9.73 Å². The lowest BCUT2D eigenvalue weighted by Crippen LogP contribution is -2.11. The van der Waals surface area contributed by atoms with Crippen LogP contribution in [0.5, 0.6) is 5.75 Å². The van der Waals surface area contributed by atoms with Crippen LogP contribution in [0.4, 0.5) is 4.39 Å². The molecule has 146 valence electrons. The highest BCUT2D eigenvalue weighted by atomic mass is 19.1. The van der Waals surface area contributed by atoms with Gasteiger partial charge in [-0.05, 0) is 67.3 Å². The molecule has 0 saturated carbocycles. The third-order valence-corrected chi connectivity index (χ3v) is 4.92. The molecule has 0 fully saturated rings. The summed E-state index contributed by atoms with van der Waals surface area (Å²) in [6, 6.07) is 16.7. The van der Waals surface area contributed by atoms with Gasteiger partial charge in [-0.3, -0.25) is 9.98 Å². The van der Waals surface area contributed by atoms with Gasteiger partial charge in [-0.1, -0.05) is 24.3 Å². The van der Waals surface area contributed by atoms with Gasteiger partial charge in [-0.25, -0.2) is 4.39 Å². The lowest BCUT2D eigenvalue weighted by Gasteiger charge is -2.17. The molecule has 0 aliphatic carbocycles. The fourth-order valence-electron chi connectivity index (χ4n) is 3.61. The standard InChI is InChI=1S/C25H23FN2O/c1-2-29-24-10-4-3-9-21(24)22-16-18(11-12-23(22)26)15-19-7-6-14-28-25(19)20-8-5-13-27-17-20/h3-5,8-13,15-17H,2,6-7,14H2,1H3/b19-15+. The largest absolute Gasteiger partial charge is 0.493 e. The van der Waals surface area contributed by atoms with Gasteiger partial charge in [0.05, 0.1) is 12.3 Å². The minimum absolute atomic E-state index is 0.260. The van der Waals surface area contributed by atoms with Crippen molar-refractivity contribution in [3.05, 3.63) is 89.5 Å². The van der Waals surface area contributed by atoms with Gasteiger partial charge in [0.25, 0.3) is 0 Å². The number of halogens is 1. The summed E-state index contributed by atoms with van der Waals surface area (Å²) in [6.45, 7) is 3.28. The average Bonchev–Trinajstić information content (AvgIpc) is 2.77. The Morgan fingerprint density at radius 1 is 1.07 bits per heavy atom. The topological polar surface area (TPSA) is 34.5 Å². The van der Waals surface area contributed by atoms with E-state index >= 15 is 0 Å². The third kappa shape index (κ3) is 4.27. The van der Waals surface area contributed by atoms with Crippen molar-refractivity contribution in [3.8, 4) is 16.9 Å². The monoisotopic (exact) mass is 386 g/mol. The molecular formula is C25H23FN2O. The van der Waals surface area contributed by atoms with Crippen LogP contribution in [0.25, 0.3) is 17.2 Å². The maximum Gasteiger partial charge on any atom is 0.131 e. The van der Waals surface area contributed by atoms with Gasteiger partial charge < -0.3 is 4.74 Å². The number of hydrogen-bond donors (Lipinski definition) is 0. The number of ether oxygens (including phenoxy) is 1. The van der Waals surface area contributed by atoms with Crippen LogP contribution in [0.3, 0.4) is 0 Å². The predicted molar refractivity (Wildman–Crippen MR) is 116 cm³/mol. The minimum Gasteiger partial charge on any atom is -0.493 e. The number of aliphatic imine (C=N–C) groups is 1. The first-order chi connectivity index (χ1) is 14.3. The van der Waals surface area contributed by atoms with Crippen LogP contribution in [0.1, 0.15) is 30.9 Å². The van der Waals surface area contributed by atoms with Crippen molar-refractivity contribution in [2.45, 2.75) is 19.8 Å². The number of benzene rings is 2. The molecular weight excluding hydrogens is 363 g/mol. The van der Waals surface area contributed by atoms with Gasteiger partial charge in [0.1, 0.15) is 11.6 Å². The van der Waals surface area contributed by atoms with Gasteiger partial charge >= 0.3 is 0 Å². The summed E-state index contributed by atoms with van der Waals surface area (Å²) in [5.41, 5.74) is 5.39. The molecule has 3 aromatic rings. The lowest BCUT2D eigenvalue weighted by atomic mass is 9.94. The number of allylic oxidation sites excluding steroid dienone is 1. The Morgan fingerprint density at radius 3 is 2.79 bits per heavy atom. The van der Waals surface area contributed by atoms with Gasteiger partial charge in [0.2, 0.25) is 0 Å². The highest BCUT2D eigenvalue weighted by Gasteiger charge is 2.15. The maximum atomic E-state index is 14.7. The summed E-state index contributed by atoms with van der Waals surface area (Å²) >= 11 is 0. The van der Waals surface area contributed by atoms with Crippen molar-refractivity contribution < 1.29 is 9.13 Å². The first-order valence-electron chi connectivity index (χ1n) is 9.94. The Balaban J connectivity index is 1.74. The van der Waals surface area contributed by atoms with Crippen molar-refractivity contribution in [3.63, 3.8) is 0 Å². The smallest absolute Gasteiger partial charge is 0.131 e. The molecule has 2 heterocycles. The molecule has 0 bridgehead atoms. The summed E-state index contributed by atoms with van der Waals surface area (Å²) in [6.07, 6.45) is 7.66. The first-order valence-corrected chi connectivity index (χ1v) is 9.94. The van der Waals surface area contributed by atoms with Crippen molar-refractivity contribution in [2.75, 3.05) is 13.2 Å². The highest BCUT2D eigenvalue weighted by molar-refractivity contribution is 6.15. The summed E-state index contributed by atoms with van der Waals surface area (Å²) in [5.74, 6) is 0.429. The average molecular weight is 386 g/mol. The third-order valence-electron chi connectivity index (χ3n) is 4.92. The molecule has 1 aromatic heterocycles. The van der Waals surface area contributed by atoms with Crippen molar-refractivity contribution in [1.82, 2.24) is 4.98 Å². The molecule has 0 amide bonds. The van der Waals surface area contributed by atoms with Crippen molar-refractivity contribution >= 4 is 11.8 Å². The molecule has 1 aliphatic rings. The number of para-hydroxylation sites is 1. The second-order valence-electron chi connectivity index (χ2n) is 6.91. The first kappa shape index (κ1) is 19.1. The summed E-state index contributed by atoms with van der Waals surface area (Å²) < 4.78 is 20.4. The van der Waals surface area contributed by atoms with Gasteiger partial charge in [-0.15, -0.1) is 0 Å². The summed E-state index contributed by atoms with van der Waals surface area (Å²) in [7, 11) is 0. The van der Waals surface area contributed by atoms with E-state index in [0.29, 0.717) is 17.9 Å². The Morgan fingerprint density at radius 2 is 1.97 bits per heavy atom. The molecule has 2 aromatic carbocycles. The molecule has 4 rings (SSSR count). The molecule has 4 heteroatoms. The van der Waals surface area contributed by atoms with Crippen LogP contribution in [0, 0.1) is 5.82 Å². The van der Waals surface area contributed by atoms with Crippen LogP contribution in [-0.2, 0) is 0 Å². The lowest BCUT2D eigenvalue weighted by molar-refractivity contribution is 0.341. The summed E-state index contributed by atoms with van der Waals surface area (Å²) in [5, 5.41) is 0. The van der Waals surface area contributed by atoms with E-state index in [2.05, 4.69) is 11.1 Å². The van der Waals surface area contributed by atoms with Gasteiger partial charge in [0, 0.05) is 35.6 Å². The molecule has 29 heavy (non-hydrogen) atoms. The highest BCUT2D eigenvalue weighted by Crippen LogP contribution is 2.33. The molecule has 0 N–H and O–H groups in total. The second kappa shape index (κ2) is 8.82. The Hall–Kier alpha value is -3.27. The second-order valence-corrected chi connectivity index (χ2v) is 6.91. The number of rotatable bonds is 5. The molecule has 0 atom stereocenters. The van der Waals surface area contributed by atoms with Crippen LogP contribution < -0.4 is 4.74 Å². The van der Waals surface area contributed by atoms with Crippen LogP contribution in [0.2, 0.25) is 0 Å². The number of hydrogen-bond acceptors (Lipinski definition) is 3. The van der Waals surface area contributed by atoms with E-state index in [1.165, 1.54) is 6.07 Å². The SMILES string of the molecule is CCOc1ccccc1-c1cc(/C=C2\CCCN=C2c2cccnc2)ccc1F. The molecule has 3 nitrogen and oxygen atoms in total. The van der Waals surface area contributed by atoms with Crippen molar-refractivity contribution in [1.29, 1.82) is 0 Å². The zero-order chi connectivity index (χ0) is 20.1. The fourth-order valence-corrected chi connectivity index (χ4v) is 3.61. The van der Waals surface area contributed by atoms with Gasteiger partial charge in [0.15, 0.2) is 0 Å². The van der Waals surface area contributed by atoms with E-state index < -0.39 is 0 Å². The molecule has 1 aliphatic heterocycles. The molecule has 0 radical (unpaired) electrons. The minimum atomic E-state index is -0.260. The van der Waals surface area contributed by atoms with Gasteiger partial charge in [-0.2, -0.15) is 0 Å². The quantitative estimate of drug-likeness (QED) is 0.543.